The van der Waals surface area contributed by atoms with Gasteiger partial charge < -0.3 is 15.3 Å². The van der Waals surface area contributed by atoms with Gasteiger partial charge in [0.05, 0.1) is 12.6 Å². The maximum absolute atomic E-state index is 9.67. The van der Waals surface area contributed by atoms with Gasteiger partial charge in [0.2, 0.25) is 0 Å². The van der Waals surface area contributed by atoms with Crippen molar-refractivity contribution in [2.24, 2.45) is 5.92 Å². The molecule has 1 aliphatic heterocycles. The lowest BCUT2D eigenvalue weighted by Gasteiger charge is -2.31. The van der Waals surface area contributed by atoms with E-state index in [9.17, 15) is 5.11 Å². The molecule has 6 heteroatoms. The summed E-state index contributed by atoms with van der Waals surface area (Å²) >= 11 is 3.56. The number of aliphatic hydroxyl groups excluding tert-OH is 1. The molecular formula is C21H29BrN4O. The van der Waals surface area contributed by atoms with Crippen LogP contribution in [0.2, 0.25) is 0 Å². The number of nitrogens with zero attached hydrogens (tertiary/aromatic N) is 3. The number of benzene rings is 1. The number of aromatic nitrogens is 2. The highest BCUT2D eigenvalue weighted by Crippen LogP contribution is 2.28. The van der Waals surface area contributed by atoms with Crippen LogP contribution in [0.5, 0.6) is 0 Å². The van der Waals surface area contributed by atoms with E-state index < -0.39 is 0 Å². The molecule has 1 aromatic carbocycles. The van der Waals surface area contributed by atoms with Gasteiger partial charge in [0.25, 0.3) is 0 Å². The second-order valence-corrected chi connectivity index (χ2v) is 8.80. The van der Waals surface area contributed by atoms with Crippen molar-refractivity contribution in [3.63, 3.8) is 0 Å². The zero-order valence-corrected chi connectivity index (χ0v) is 18.1. The largest absolute Gasteiger partial charge is 0.394 e. The van der Waals surface area contributed by atoms with Gasteiger partial charge in [0.1, 0.15) is 17.5 Å². The third-order valence-corrected chi connectivity index (χ3v) is 5.58. The SMILES string of the molecule is CC(C)c1nc(N[C@H](CO)C(C)C)cc(N2CCc3cc(Br)ccc3C2)n1. The Hall–Kier alpha value is -1.66. The minimum atomic E-state index is -0.0211. The quantitative estimate of drug-likeness (QED) is 0.709. The Labute approximate surface area is 170 Å². The number of nitrogens with one attached hydrogen (secondary N) is 1. The molecule has 0 fully saturated rings. The van der Waals surface area contributed by atoms with Crippen LogP contribution in [0.4, 0.5) is 11.6 Å². The third kappa shape index (κ3) is 4.79. The molecule has 0 saturated carbocycles. The molecule has 1 aromatic heterocycles. The topological polar surface area (TPSA) is 61.3 Å². The number of rotatable bonds is 6. The van der Waals surface area contributed by atoms with E-state index >= 15 is 0 Å². The molecule has 1 aliphatic rings. The van der Waals surface area contributed by atoms with E-state index in [-0.39, 0.29) is 18.6 Å². The zero-order chi connectivity index (χ0) is 19.6. The number of aliphatic hydroxyl groups is 1. The number of halogens is 1. The standard InChI is InChI=1S/C21H29BrN4O/c1-13(2)18(12-27)23-19-10-20(25-21(24-19)14(3)4)26-8-7-15-9-17(22)6-5-16(15)11-26/h5-6,9-10,13-14,18,27H,7-8,11-12H2,1-4H3,(H,23,24,25)/t18-/m1/s1. The maximum Gasteiger partial charge on any atom is 0.135 e. The lowest BCUT2D eigenvalue weighted by atomic mass is 10.00. The number of fused-ring (bicyclic) bond motifs is 1. The molecule has 0 unspecified atom stereocenters. The first-order valence-electron chi connectivity index (χ1n) is 9.66. The van der Waals surface area contributed by atoms with E-state index in [1.165, 1.54) is 11.1 Å². The summed E-state index contributed by atoms with van der Waals surface area (Å²) in [5.74, 6) is 3.13. The van der Waals surface area contributed by atoms with Gasteiger partial charge in [-0.05, 0) is 35.6 Å². The van der Waals surface area contributed by atoms with Gasteiger partial charge in [-0.3, -0.25) is 0 Å². The van der Waals surface area contributed by atoms with Gasteiger partial charge >= 0.3 is 0 Å². The first-order valence-corrected chi connectivity index (χ1v) is 10.4. The van der Waals surface area contributed by atoms with Crippen molar-refractivity contribution >= 4 is 27.6 Å². The molecule has 2 aromatic rings. The molecule has 0 aliphatic carbocycles. The van der Waals surface area contributed by atoms with Crippen molar-refractivity contribution in [3.8, 4) is 0 Å². The van der Waals surface area contributed by atoms with E-state index in [0.29, 0.717) is 5.92 Å². The molecule has 3 rings (SSSR count). The zero-order valence-electron chi connectivity index (χ0n) is 16.5. The smallest absolute Gasteiger partial charge is 0.135 e. The number of hydrogen-bond donors (Lipinski definition) is 2. The third-order valence-electron chi connectivity index (χ3n) is 5.09. The van der Waals surface area contributed by atoms with Crippen molar-refractivity contribution in [2.45, 2.75) is 52.6 Å². The Morgan fingerprint density at radius 2 is 1.93 bits per heavy atom. The molecular weight excluding hydrogens is 404 g/mol. The summed E-state index contributed by atoms with van der Waals surface area (Å²) in [4.78, 5) is 11.8. The Morgan fingerprint density at radius 3 is 2.59 bits per heavy atom. The lowest BCUT2D eigenvalue weighted by Crippen LogP contribution is -2.33. The van der Waals surface area contributed by atoms with E-state index in [2.05, 4.69) is 77.0 Å². The summed E-state index contributed by atoms with van der Waals surface area (Å²) in [6.07, 6.45) is 1.00. The highest BCUT2D eigenvalue weighted by Gasteiger charge is 2.21. The van der Waals surface area contributed by atoms with Crippen LogP contribution in [0.1, 0.15) is 50.6 Å². The molecule has 0 radical (unpaired) electrons. The van der Waals surface area contributed by atoms with Crippen molar-refractivity contribution in [1.29, 1.82) is 0 Å². The molecule has 5 nitrogen and oxygen atoms in total. The summed E-state index contributed by atoms with van der Waals surface area (Å²) in [5.41, 5.74) is 2.75. The second kappa shape index (κ2) is 8.57. The van der Waals surface area contributed by atoms with Crippen molar-refractivity contribution in [2.75, 3.05) is 23.4 Å². The van der Waals surface area contributed by atoms with E-state index in [4.69, 9.17) is 4.98 Å². The minimum Gasteiger partial charge on any atom is -0.394 e. The van der Waals surface area contributed by atoms with Crippen LogP contribution in [0.15, 0.2) is 28.7 Å². The molecule has 2 heterocycles. The van der Waals surface area contributed by atoms with E-state index in [1.54, 1.807) is 0 Å². The van der Waals surface area contributed by atoms with Crippen molar-refractivity contribution in [3.05, 3.63) is 45.7 Å². The van der Waals surface area contributed by atoms with Crippen LogP contribution in [0.3, 0.4) is 0 Å². The van der Waals surface area contributed by atoms with Gasteiger partial charge in [-0.2, -0.15) is 0 Å². The maximum atomic E-state index is 9.67. The second-order valence-electron chi connectivity index (χ2n) is 7.89. The normalized spacial score (nSPS) is 15.2. The summed E-state index contributed by atoms with van der Waals surface area (Å²) < 4.78 is 1.13. The molecule has 2 N–H and O–H groups in total. The van der Waals surface area contributed by atoms with Crippen LogP contribution in [-0.2, 0) is 13.0 Å². The number of hydrogen-bond acceptors (Lipinski definition) is 5. The van der Waals surface area contributed by atoms with Crippen LogP contribution in [0, 0.1) is 5.92 Å². The van der Waals surface area contributed by atoms with Gasteiger partial charge in [-0.25, -0.2) is 9.97 Å². The van der Waals surface area contributed by atoms with Gasteiger partial charge in [-0.15, -0.1) is 0 Å². The fraction of sp³-hybridized carbons (Fsp3) is 0.524. The number of anilines is 2. The first-order chi connectivity index (χ1) is 12.9. The van der Waals surface area contributed by atoms with Gasteiger partial charge in [0, 0.05) is 29.5 Å². The van der Waals surface area contributed by atoms with E-state index in [0.717, 1.165) is 41.4 Å². The van der Waals surface area contributed by atoms with Crippen LogP contribution < -0.4 is 10.2 Å². The van der Waals surface area contributed by atoms with Gasteiger partial charge in [0.15, 0.2) is 0 Å². The molecule has 0 spiro atoms. The highest BCUT2D eigenvalue weighted by molar-refractivity contribution is 9.10. The molecule has 0 bridgehead atoms. The summed E-state index contributed by atoms with van der Waals surface area (Å²) in [6.45, 7) is 10.3. The molecule has 0 amide bonds. The predicted molar refractivity (Wildman–Crippen MR) is 114 cm³/mol. The average Bonchev–Trinajstić information content (AvgIpc) is 2.65. The monoisotopic (exact) mass is 432 g/mol. The molecule has 1 atom stereocenters. The highest BCUT2D eigenvalue weighted by atomic mass is 79.9. The predicted octanol–water partition coefficient (Wildman–Crippen LogP) is 4.35. The summed E-state index contributed by atoms with van der Waals surface area (Å²) in [6, 6.07) is 8.50. The van der Waals surface area contributed by atoms with Crippen molar-refractivity contribution < 1.29 is 5.11 Å². The average molecular weight is 433 g/mol. The van der Waals surface area contributed by atoms with Crippen LogP contribution >= 0.6 is 15.9 Å². The summed E-state index contributed by atoms with van der Waals surface area (Å²) in [5, 5.41) is 13.1. The van der Waals surface area contributed by atoms with Gasteiger partial charge in [-0.1, -0.05) is 49.7 Å². The molecule has 27 heavy (non-hydrogen) atoms. The van der Waals surface area contributed by atoms with E-state index in [1.807, 2.05) is 6.07 Å². The fourth-order valence-corrected chi connectivity index (χ4v) is 3.69. The van der Waals surface area contributed by atoms with Crippen LogP contribution in [0.25, 0.3) is 0 Å². The fourth-order valence-electron chi connectivity index (χ4n) is 3.28. The molecule has 146 valence electrons. The molecule has 0 saturated heterocycles. The minimum absolute atomic E-state index is 0.0211. The Morgan fingerprint density at radius 1 is 1.15 bits per heavy atom. The van der Waals surface area contributed by atoms with Crippen LogP contribution in [-0.4, -0.2) is 34.3 Å². The first kappa shape index (κ1) is 20.1. The Kier molecular flexibility index (Phi) is 6.37. The Bertz CT molecular complexity index is 794. The Balaban J connectivity index is 1.89. The summed E-state index contributed by atoms with van der Waals surface area (Å²) in [7, 11) is 0. The lowest BCUT2D eigenvalue weighted by molar-refractivity contribution is 0.249. The van der Waals surface area contributed by atoms with Crippen molar-refractivity contribution in [1.82, 2.24) is 9.97 Å².